The van der Waals surface area contributed by atoms with Gasteiger partial charge in [-0.05, 0) is 12.1 Å². The minimum absolute atomic E-state index is 0.00623. The molecule has 206 valence electrons. The number of nitrogens with zero attached hydrogens (tertiary/aromatic N) is 1. The summed E-state index contributed by atoms with van der Waals surface area (Å²) in [5.74, 6) is -6.97. The van der Waals surface area contributed by atoms with Gasteiger partial charge in [-0.2, -0.15) is 0 Å². The van der Waals surface area contributed by atoms with Crippen LogP contribution >= 0.6 is 0 Å². The number of aromatic amines is 1. The topological polar surface area (TPSA) is 137 Å². The highest BCUT2D eigenvalue weighted by Gasteiger charge is 2.47. The zero-order valence-corrected chi connectivity index (χ0v) is 19.8. The fourth-order valence-electron chi connectivity index (χ4n) is 5.89. The van der Waals surface area contributed by atoms with Crippen molar-refractivity contribution in [1.82, 2.24) is 14.9 Å². The van der Waals surface area contributed by atoms with Gasteiger partial charge in [0.1, 0.15) is 18.3 Å². The molecule has 2 aromatic heterocycles. The van der Waals surface area contributed by atoms with Crippen LogP contribution in [0.1, 0.15) is 26.9 Å². The molecule has 40 heavy (non-hydrogen) atoms. The molecule has 5 N–H and O–H groups in total. The number of aliphatic hydroxyl groups excluding tert-OH is 3. The molecule has 0 bridgehead atoms. The zero-order chi connectivity index (χ0) is 28.4. The first-order valence-corrected chi connectivity index (χ1v) is 11.9. The molecule has 7 rings (SSSR count). The van der Waals surface area contributed by atoms with Gasteiger partial charge in [0.05, 0.1) is 34.3 Å². The van der Waals surface area contributed by atoms with Crippen LogP contribution in [0, 0.1) is 23.3 Å². The Balaban J connectivity index is 1.74. The molecule has 0 aliphatic carbocycles. The van der Waals surface area contributed by atoms with Crippen molar-refractivity contribution in [2.75, 3.05) is 6.61 Å². The molecule has 0 unspecified atom stereocenters. The molecule has 14 heteroatoms. The van der Waals surface area contributed by atoms with Gasteiger partial charge in [-0.3, -0.25) is 14.9 Å². The maximum absolute atomic E-state index is 14.6. The maximum atomic E-state index is 14.6. The van der Waals surface area contributed by atoms with Gasteiger partial charge in [-0.15, -0.1) is 0 Å². The summed E-state index contributed by atoms with van der Waals surface area (Å²) in [6.45, 7) is -0.922. The van der Waals surface area contributed by atoms with E-state index in [-0.39, 0.29) is 54.7 Å². The van der Waals surface area contributed by atoms with E-state index in [1.165, 1.54) is 0 Å². The predicted molar refractivity (Wildman–Crippen MR) is 128 cm³/mol. The van der Waals surface area contributed by atoms with E-state index >= 15 is 0 Å². The van der Waals surface area contributed by atoms with Crippen LogP contribution in [0.25, 0.3) is 43.6 Å². The van der Waals surface area contributed by atoms with Crippen LogP contribution in [0.5, 0.6) is 0 Å². The number of fused-ring (bicyclic) bond motifs is 10. The number of nitrogens with one attached hydrogen (secondary N) is 2. The number of alkyl halides is 1. The lowest BCUT2D eigenvalue weighted by Gasteiger charge is -2.40. The number of H-pyrrole nitrogens is 1. The standard InChI is InChI=1S/C26H16F5N3O6/c27-8-1-6-12(3-10(8)29)32-20-15(6)17-18(25(39)33-24(17)38)16-7-2-9(28)11(30)4-13(7)34(21(16)20)26-23(37)22(36)19(31)14(5-35)40-26/h1-4,14,19,22-23,26,32,35-37H,5H2,(H,33,38,39)/t14-,19-,22+,23-,26-/m1/s1. The summed E-state index contributed by atoms with van der Waals surface area (Å²) in [6.07, 6.45) is -9.73. The lowest BCUT2D eigenvalue weighted by molar-refractivity contribution is -0.233. The fraction of sp³-hybridized carbons (Fsp3) is 0.231. The Morgan fingerprint density at radius 2 is 1.45 bits per heavy atom. The summed E-state index contributed by atoms with van der Waals surface area (Å²) in [4.78, 5) is 28.9. The lowest BCUT2D eigenvalue weighted by atomic mass is 9.96. The minimum Gasteiger partial charge on any atom is -0.394 e. The van der Waals surface area contributed by atoms with Crippen LogP contribution in [-0.2, 0) is 4.74 Å². The molecule has 0 saturated carbocycles. The van der Waals surface area contributed by atoms with Crippen LogP contribution in [0.2, 0.25) is 0 Å². The van der Waals surface area contributed by atoms with Crippen LogP contribution in [0.15, 0.2) is 24.3 Å². The second-order valence-electron chi connectivity index (χ2n) is 9.77. The molecule has 2 aliphatic heterocycles. The number of carbonyl (C=O) groups is 2. The van der Waals surface area contributed by atoms with Gasteiger partial charge in [0.25, 0.3) is 11.8 Å². The van der Waals surface area contributed by atoms with Crippen LogP contribution in [-0.4, -0.2) is 67.8 Å². The molecule has 4 heterocycles. The number of ether oxygens (including phenoxy) is 1. The van der Waals surface area contributed by atoms with E-state index in [4.69, 9.17) is 4.74 Å². The number of imide groups is 1. The van der Waals surface area contributed by atoms with Crippen LogP contribution in [0.4, 0.5) is 22.0 Å². The number of amides is 2. The number of halogens is 5. The van der Waals surface area contributed by atoms with Gasteiger partial charge in [0.15, 0.2) is 35.7 Å². The van der Waals surface area contributed by atoms with Crippen LogP contribution < -0.4 is 5.32 Å². The lowest BCUT2D eigenvalue weighted by Crippen LogP contribution is -2.54. The van der Waals surface area contributed by atoms with Gasteiger partial charge < -0.3 is 29.6 Å². The normalized spacial score (nSPS) is 25.1. The van der Waals surface area contributed by atoms with E-state index < -0.39 is 72.4 Å². The number of benzene rings is 3. The monoisotopic (exact) mass is 561 g/mol. The molecule has 2 amide bonds. The number of hydrogen-bond donors (Lipinski definition) is 5. The first-order chi connectivity index (χ1) is 19.0. The van der Waals surface area contributed by atoms with Crippen molar-refractivity contribution in [1.29, 1.82) is 0 Å². The summed E-state index contributed by atoms with van der Waals surface area (Å²) >= 11 is 0. The van der Waals surface area contributed by atoms with Crippen molar-refractivity contribution in [3.63, 3.8) is 0 Å². The highest BCUT2D eigenvalue weighted by Crippen LogP contribution is 2.46. The summed E-state index contributed by atoms with van der Waals surface area (Å²) in [5.41, 5.74) is -0.884. The third kappa shape index (κ3) is 3.04. The minimum atomic E-state index is -2.22. The van der Waals surface area contributed by atoms with E-state index in [1.807, 2.05) is 0 Å². The number of carbonyl (C=O) groups excluding carboxylic acids is 2. The SMILES string of the molecule is O=C1NC(=O)c2c1c1c3cc(F)c(F)cc3[nH]c1c1c2c2cc(F)c(F)cc2n1[C@@H]1O[C@H](CO)[C@@H](F)[C@H](O)[C@H]1O. The third-order valence-electron chi connectivity index (χ3n) is 7.62. The largest absolute Gasteiger partial charge is 0.394 e. The molecule has 5 atom stereocenters. The summed E-state index contributed by atoms with van der Waals surface area (Å²) in [6, 6.07) is 3.09. The van der Waals surface area contributed by atoms with Crippen molar-refractivity contribution < 1.29 is 51.6 Å². The highest BCUT2D eigenvalue weighted by atomic mass is 19.2. The average molecular weight is 561 g/mol. The molecular weight excluding hydrogens is 545 g/mol. The highest BCUT2D eigenvalue weighted by molar-refractivity contribution is 6.39. The third-order valence-corrected chi connectivity index (χ3v) is 7.62. The Hall–Kier alpha value is -4.11. The number of aliphatic hydroxyl groups is 3. The molecule has 2 aliphatic rings. The first-order valence-electron chi connectivity index (χ1n) is 11.9. The Bertz CT molecular complexity index is 1970. The number of hydrogen-bond acceptors (Lipinski definition) is 6. The Morgan fingerprint density at radius 1 is 0.850 bits per heavy atom. The summed E-state index contributed by atoms with van der Waals surface area (Å²) in [7, 11) is 0. The summed E-state index contributed by atoms with van der Waals surface area (Å²) < 4.78 is 79.0. The second-order valence-corrected chi connectivity index (χ2v) is 9.77. The van der Waals surface area contributed by atoms with Crippen molar-refractivity contribution in [3.8, 4) is 0 Å². The second kappa shape index (κ2) is 8.20. The van der Waals surface area contributed by atoms with Crippen molar-refractivity contribution in [2.24, 2.45) is 0 Å². The molecule has 9 nitrogen and oxygen atoms in total. The van der Waals surface area contributed by atoms with Crippen LogP contribution in [0.3, 0.4) is 0 Å². The average Bonchev–Trinajstić information content (AvgIpc) is 3.52. The number of aromatic nitrogens is 2. The molecule has 0 radical (unpaired) electrons. The van der Waals surface area contributed by atoms with E-state index in [1.54, 1.807) is 0 Å². The molecule has 5 aromatic rings. The van der Waals surface area contributed by atoms with Crippen molar-refractivity contribution in [2.45, 2.75) is 30.7 Å². The first kappa shape index (κ1) is 24.9. The quantitative estimate of drug-likeness (QED) is 0.166. The van der Waals surface area contributed by atoms with E-state index in [0.717, 1.165) is 28.8 Å². The van der Waals surface area contributed by atoms with E-state index in [9.17, 15) is 46.9 Å². The summed E-state index contributed by atoms with van der Waals surface area (Å²) in [5, 5.41) is 32.8. The van der Waals surface area contributed by atoms with E-state index in [0.29, 0.717) is 0 Å². The van der Waals surface area contributed by atoms with Crippen molar-refractivity contribution >= 4 is 55.4 Å². The fourth-order valence-corrected chi connectivity index (χ4v) is 5.89. The van der Waals surface area contributed by atoms with Gasteiger partial charge >= 0.3 is 0 Å². The molecule has 0 spiro atoms. The Morgan fingerprint density at radius 3 is 2.12 bits per heavy atom. The molecular formula is C26H16F5N3O6. The van der Waals surface area contributed by atoms with Gasteiger partial charge in [-0.25, -0.2) is 22.0 Å². The van der Waals surface area contributed by atoms with Crippen molar-refractivity contribution in [3.05, 3.63) is 58.7 Å². The van der Waals surface area contributed by atoms with Gasteiger partial charge in [0, 0.05) is 39.2 Å². The van der Waals surface area contributed by atoms with E-state index in [2.05, 4.69) is 10.3 Å². The Labute approximate surface area is 218 Å². The number of rotatable bonds is 2. The Kier molecular flexibility index (Phi) is 5.11. The predicted octanol–water partition coefficient (Wildman–Crippen LogP) is 2.82. The molecule has 1 fully saturated rings. The molecule has 3 aromatic carbocycles. The van der Waals surface area contributed by atoms with Gasteiger partial charge in [0.2, 0.25) is 0 Å². The smallest absolute Gasteiger partial charge is 0.259 e. The maximum Gasteiger partial charge on any atom is 0.259 e. The zero-order valence-electron chi connectivity index (χ0n) is 19.8. The van der Waals surface area contributed by atoms with Gasteiger partial charge in [-0.1, -0.05) is 0 Å². The molecule has 1 saturated heterocycles.